The van der Waals surface area contributed by atoms with Gasteiger partial charge in [0, 0.05) is 50.5 Å². The Kier molecular flexibility index (Phi) is 4.49. The van der Waals surface area contributed by atoms with E-state index in [0.29, 0.717) is 0 Å². The maximum Gasteiger partial charge on any atom is 0.0429 e. The summed E-state index contributed by atoms with van der Waals surface area (Å²) in [5, 5.41) is 4.02. The van der Waals surface area contributed by atoms with Crippen LogP contribution in [0.5, 0.6) is 0 Å². The van der Waals surface area contributed by atoms with E-state index in [2.05, 4.69) is 35.2 Å². The van der Waals surface area contributed by atoms with Gasteiger partial charge in [0.05, 0.1) is 0 Å². The van der Waals surface area contributed by atoms with E-state index in [9.17, 15) is 0 Å². The molecule has 0 amide bonds. The highest BCUT2D eigenvalue weighted by Gasteiger charge is 2.15. The number of hydrogen-bond acceptors (Lipinski definition) is 3. The lowest BCUT2D eigenvalue weighted by Gasteiger charge is -2.32. The molecule has 2 rings (SSSR count). The largest absolute Gasteiger partial charge is 0.388 e. The van der Waals surface area contributed by atoms with Crippen LogP contribution in [0.15, 0.2) is 12.1 Å². The fourth-order valence-electron chi connectivity index (χ4n) is 2.41. The molecule has 0 saturated carbocycles. The molecule has 0 unspecified atom stereocenters. The van der Waals surface area contributed by atoms with Crippen molar-refractivity contribution >= 4 is 17.3 Å². The SMILES string of the molecule is CNc1cc(Cl)cc(CN2CCN(C)CC2)c1C. The van der Waals surface area contributed by atoms with Gasteiger partial charge in [0.2, 0.25) is 0 Å². The van der Waals surface area contributed by atoms with E-state index in [1.54, 1.807) is 0 Å². The number of benzene rings is 1. The lowest BCUT2D eigenvalue weighted by Crippen LogP contribution is -2.43. The Bertz CT molecular complexity index is 412. The summed E-state index contributed by atoms with van der Waals surface area (Å²) >= 11 is 6.17. The Balaban J connectivity index is 2.11. The summed E-state index contributed by atoms with van der Waals surface area (Å²) in [5.74, 6) is 0. The molecule has 4 heteroatoms. The predicted molar refractivity (Wildman–Crippen MR) is 78.5 cm³/mol. The second-order valence-electron chi connectivity index (χ2n) is 5.07. The van der Waals surface area contributed by atoms with Gasteiger partial charge in [0.15, 0.2) is 0 Å². The average Bonchev–Trinajstić information content (AvgIpc) is 2.36. The number of nitrogens with one attached hydrogen (secondary N) is 1. The van der Waals surface area contributed by atoms with E-state index < -0.39 is 0 Å². The molecule has 1 heterocycles. The van der Waals surface area contributed by atoms with Gasteiger partial charge >= 0.3 is 0 Å². The van der Waals surface area contributed by atoms with Crippen molar-refractivity contribution in [2.75, 3.05) is 45.6 Å². The van der Waals surface area contributed by atoms with Gasteiger partial charge in [-0.3, -0.25) is 4.90 Å². The topological polar surface area (TPSA) is 18.5 Å². The lowest BCUT2D eigenvalue weighted by molar-refractivity contribution is 0.148. The van der Waals surface area contributed by atoms with Crippen LogP contribution in [0.25, 0.3) is 0 Å². The van der Waals surface area contributed by atoms with Gasteiger partial charge in [-0.05, 0) is 37.2 Å². The van der Waals surface area contributed by atoms with Gasteiger partial charge in [0.25, 0.3) is 0 Å². The van der Waals surface area contributed by atoms with Gasteiger partial charge < -0.3 is 10.2 Å². The molecule has 0 bridgehead atoms. The second-order valence-corrected chi connectivity index (χ2v) is 5.50. The molecule has 0 spiro atoms. The van der Waals surface area contributed by atoms with Crippen LogP contribution in [0.1, 0.15) is 11.1 Å². The number of rotatable bonds is 3. The van der Waals surface area contributed by atoms with Crippen molar-refractivity contribution in [1.29, 1.82) is 0 Å². The summed E-state index contributed by atoms with van der Waals surface area (Å²) in [5.41, 5.74) is 3.77. The zero-order valence-corrected chi connectivity index (χ0v) is 12.2. The Morgan fingerprint density at radius 2 is 1.89 bits per heavy atom. The number of piperazine rings is 1. The molecule has 0 aliphatic carbocycles. The van der Waals surface area contributed by atoms with Crippen LogP contribution >= 0.6 is 11.6 Å². The number of halogens is 1. The Labute approximate surface area is 115 Å². The average molecular weight is 268 g/mol. The molecule has 1 saturated heterocycles. The Hall–Kier alpha value is -0.770. The number of nitrogens with zero attached hydrogens (tertiary/aromatic N) is 2. The predicted octanol–water partition coefficient (Wildman–Crippen LogP) is 2.44. The minimum atomic E-state index is 0.814. The molecule has 0 atom stereocenters. The van der Waals surface area contributed by atoms with Crippen molar-refractivity contribution in [1.82, 2.24) is 9.80 Å². The van der Waals surface area contributed by atoms with E-state index >= 15 is 0 Å². The molecule has 100 valence electrons. The summed E-state index contributed by atoms with van der Waals surface area (Å²) in [6, 6.07) is 4.08. The van der Waals surface area contributed by atoms with Gasteiger partial charge in [-0.2, -0.15) is 0 Å². The highest BCUT2D eigenvalue weighted by atomic mass is 35.5. The van der Waals surface area contributed by atoms with E-state index in [1.165, 1.54) is 11.1 Å². The first kappa shape index (κ1) is 13.7. The fourth-order valence-corrected chi connectivity index (χ4v) is 2.65. The molecule has 1 aliphatic rings. The molecule has 1 fully saturated rings. The van der Waals surface area contributed by atoms with Crippen LogP contribution in [0.3, 0.4) is 0 Å². The first-order valence-electron chi connectivity index (χ1n) is 6.48. The van der Waals surface area contributed by atoms with Crippen molar-refractivity contribution in [3.05, 3.63) is 28.3 Å². The zero-order chi connectivity index (χ0) is 13.1. The monoisotopic (exact) mass is 267 g/mol. The molecule has 1 aromatic rings. The van der Waals surface area contributed by atoms with Crippen LogP contribution in [0.2, 0.25) is 5.02 Å². The second kappa shape index (κ2) is 5.91. The van der Waals surface area contributed by atoms with E-state index in [4.69, 9.17) is 11.6 Å². The summed E-state index contributed by atoms with van der Waals surface area (Å²) in [6.45, 7) is 7.73. The van der Waals surface area contributed by atoms with Gasteiger partial charge in [-0.15, -0.1) is 0 Å². The molecule has 3 nitrogen and oxygen atoms in total. The zero-order valence-electron chi connectivity index (χ0n) is 11.5. The standard InChI is InChI=1S/C14H22ClN3/c1-11-12(8-13(15)9-14(11)16-2)10-18-6-4-17(3)5-7-18/h8-9,16H,4-7,10H2,1-3H3. The number of likely N-dealkylation sites (N-methyl/N-ethyl adjacent to an activating group) is 1. The van der Waals surface area contributed by atoms with Crippen LogP contribution < -0.4 is 5.32 Å². The normalized spacial score (nSPS) is 18.0. The van der Waals surface area contributed by atoms with Gasteiger partial charge in [-0.25, -0.2) is 0 Å². The van der Waals surface area contributed by atoms with E-state index in [1.807, 2.05) is 13.1 Å². The Morgan fingerprint density at radius 1 is 1.22 bits per heavy atom. The third kappa shape index (κ3) is 3.16. The van der Waals surface area contributed by atoms with Crippen molar-refractivity contribution in [3.8, 4) is 0 Å². The third-order valence-corrected chi connectivity index (χ3v) is 3.96. The van der Waals surface area contributed by atoms with Crippen molar-refractivity contribution in [2.45, 2.75) is 13.5 Å². The minimum absolute atomic E-state index is 0.814. The van der Waals surface area contributed by atoms with E-state index in [0.717, 1.165) is 43.4 Å². The van der Waals surface area contributed by atoms with Crippen LogP contribution in [-0.2, 0) is 6.54 Å². The first-order valence-corrected chi connectivity index (χ1v) is 6.85. The Morgan fingerprint density at radius 3 is 2.50 bits per heavy atom. The highest BCUT2D eigenvalue weighted by Crippen LogP contribution is 2.25. The molecule has 18 heavy (non-hydrogen) atoms. The molecular weight excluding hydrogens is 246 g/mol. The molecule has 0 aromatic heterocycles. The van der Waals surface area contributed by atoms with Gasteiger partial charge in [0.1, 0.15) is 0 Å². The van der Waals surface area contributed by atoms with Crippen molar-refractivity contribution < 1.29 is 0 Å². The molecule has 1 aromatic carbocycles. The van der Waals surface area contributed by atoms with E-state index in [-0.39, 0.29) is 0 Å². The molecule has 1 aliphatic heterocycles. The van der Waals surface area contributed by atoms with Crippen LogP contribution in [-0.4, -0.2) is 50.1 Å². The van der Waals surface area contributed by atoms with Gasteiger partial charge in [-0.1, -0.05) is 11.6 Å². The molecule has 1 N–H and O–H groups in total. The van der Waals surface area contributed by atoms with Crippen LogP contribution in [0.4, 0.5) is 5.69 Å². The van der Waals surface area contributed by atoms with Crippen LogP contribution in [0, 0.1) is 6.92 Å². The summed E-state index contributed by atoms with van der Waals surface area (Å²) < 4.78 is 0. The highest BCUT2D eigenvalue weighted by molar-refractivity contribution is 6.31. The summed E-state index contributed by atoms with van der Waals surface area (Å²) in [4.78, 5) is 4.87. The fraction of sp³-hybridized carbons (Fsp3) is 0.571. The lowest BCUT2D eigenvalue weighted by atomic mass is 10.1. The van der Waals surface area contributed by atoms with Crippen molar-refractivity contribution in [3.63, 3.8) is 0 Å². The summed E-state index contributed by atoms with van der Waals surface area (Å²) in [6.07, 6.45) is 0. The minimum Gasteiger partial charge on any atom is -0.388 e. The maximum atomic E-state index is 6.17. The maximum absolute atomic E-state index is 6.17. The molecule has 0 radical (unpaired) electrons. The van der Waals surface area contributed by atoms with Crippen molar-refractivity contribution in [2.24, 2.45) is 0 Å². The smallest absolute Gasteiger partial charge is 0.0429 e. The number of anilines is 1. The summed E-state index contributed by atoms with van der Waals surface area (Å²) in [7, 11) is 4.12. The first-order chi connectivity index (χ1) is 8.60. The molecular formula is C14H22ClN3. The third-order valence-electron chi connectivity index (χ3n) is 3.74. The quantitative estimate of drug-likeness (QED) is 0.908. The number of hydrogen-bond donors (Lipinski definition) is 1.